The van der Waals surface area contributed by atoms with Gasteiger partial charge >= 0.3 is 6.03 Å². The highest BCUT2D eigenvalue weighted by Crippen LogP contribution is 2.20. The third kappa shape index (κ3) is 3.58. The van der Waals surface area contributed by atoms with E-state index >= 15 is 0 Å². The minimum absolute atomic E-state index is 0.00459. The molecule has 3 rings (SSSR count). The van der Waals surface area contributed by atoms with Crippen LogP contribution in [-0.4, -0.2) is 48.8 Å². The summed E-state index contributed by atoms with van der Waals surface area (Å²) in [7, 11) is 1.91. The van der Waals surface area contributed by atoms with Gasteiger partial charge in [-0.25, -0.2) is 4.79 Å². The van der Waals surface area contributed by atoms with Gasteiger partial charge in [0.2, 0.25) is 0 Å². The maximum absolute atomic E-state index is 12.5. The number of carbonyl (C=O) groups is 1. The van der Waals surface area contributed by atoms with Gasteiger partial charge in [0.25, 0.3) is 0 Å². The zero-order valence-electron chi connectivity index (χ0n) is 14.5. The monoisotopic (exact) mass is 331 g/mol. The van der Waals surface area contributed by atoms with Crippen molar-refractivity contribution in [2.75, 3.05) is 13.1 Å². The lowest BCUT2D eigenvalue weighted by Gasteiger charge is -2.32. The van der Waals surface area contributed by atoms with Gasteiger partial charge in [-0.15, -0.1) is 5.10 Å². The minimum Gasteiger partial charge on any atom is -0.331 e. The summed E-state index contributed by atoms with van der Waals surface area (Å²) in [5.74, 6) is 0.550. The highest BCUT2D eigenvalue weighted by molar-refractivity contribution is 5.74. The fourth-order valence-corrected chi connectivity index (χ4v) is 3.21. The van der Waals surface area contributed by atoms with Crippen molar-refractivity contribution in [2.24, 2.45) is 13.0 Å². The Labute approximate surface area is 141 Å². The zero-order valence-corrected chi connectivity index (χ0v) is 14.5. The molecule has 1 saturated heterocycles. The summed E-state index contributed by atoms with van der Waals surface area (Å²) in [4.78, 5) is 14.4. The predicted molar refractivity (Wildman–Crippen MR) is 89.2 cm³/mol. The molecule has 0 bridgehead atoms. The number of likely N-dealkylation sites (tertiary alicyclic amines) is 1. The minimum atomic E-state index is -0.0425. The third-order valence-corrected chi connectivity index (χ3v) is 4.90. The number of piperidine rings is 1. The van der Waals surface area contributed by atoms with Crippen LogP contribution in [0, 0.1) is 12.8 Å². The Kier molecular flexibility index (Phi) is 4.82. The van der Waals surface area contributed by atoms with Crippen LogP contribution in [0.25, 0.3) is 0 Å². The number of hydrogen-bond acceptors (Lipinski definition) is 4. The molecule has 0 saturated carbocycles. The first-order valence-corrected chi connectivity index (χ1v) is 8.42. The molecule has 0 aromatic carbocycles. The van der Waals surface area contributed by atoms with Crippen LogP contribution < -0.4 is 5.32 Å². The normalized spacial score (nSPS) is 17.0. The predicted octanol–water partition coefficient (Wildman–Crippen LogP) is 1.50. The molecule has 0 spiro atoms. The van der Waals surface area contributed by atoms with E-state index in [-0.39, 0.29) is 12.1 Å². The molecule has 2 amide bonds. The van der Waals surface area contributed by atoms with Crippen LogP contribution >= 0.6 is 0 Å². The number of nitrogens with zero attached hydrogens (tertiary/aromatic N) is 6. The Bertz CT molecular complexity index is 671. The summed E-state index contributed by atoms with van der Waals surface area (Å²) < 4.78 is 3.70. The molecule has 0 radical (unpaired) electrons. The number of amides is 2. The molecule has 1 aliphatic rings. The van der Waals surface area contributed by atoms with Crippen molar-refractivity contribution >= 4 is 6.03 Å². The SMILES string of the molecule is Cc1c([C@@H](C)NC(=O)N2CCC(Cn3ccnn3)CC2)cnn1C. The average molecular weight is 331 g/mol. The molecule has 2 aromatic heterocycles. The number of aromatic nitrogens is 5. The number of rotatable bonds is 4. The maximum Gasteiger partial charge on any atom is 0.317 e. The lowest BCUT2D eigenvalue weighted by atomic mass is 9.97. The Morgan fingerprint density at radius 2 is 2.17 bits per heavy atom. The first-order chi connectivity index (χ1) is 11.5. The molecule has 2 aromatic rings. The highest BCUT2D eigenvalue weighted by atomic mass is 16.2. The Balaban J connectivity index is 1.49. The average Bonchev–Trinajstić information content (AvgIpc) is 3.19. The lowest BCUT2D eigenvalue weighted by Crippen LogP contribution is -2.45. The van der Waals surface area contributed by atoms with Crippen LogP contribution in [0.5, 0.6) is 0 Å². The van der Waals surface area contributed by atoms with Gasteiger partial charge in [-0.05, 0) is 32.6 Å². The molecule has 130 valence electrons. The molecule has 0 aliphatic carbocycles. The molecule has 1 fully saturated rings. The lowest BCUT2D eigenvalue weighted by molar-refractivity contribution is 0.161. The van der Waals surface area contributed by atoms with Gasteiger partial charge in [0.1, 0.15) is 0 Å². The molecule has 1 atom stereocenters. The summed E-state index contributed by atoms with van der Waals surface area (Å²) in [6, 6.07) is -0.0379. The van der Waals surface area contributed by atoms with Crippen molar-refractivity contribution in [3.8, 4) is 0 Å². The van der Waals surface area contributed by atoms with Crippen LogP contribution in [0.3, 0.4) is 0 Å². The van der Waals surface area contributed by atoms with E-state index in [1.165, 1.54) is 0 Å². The number of hydrogen-bond donors (Lipinski definition) is 1. The van der Waals surface area contributed by atoms with Gasteiger partial charge in [0, 0.05) is 44.1 Å². The summed E-state index contributed by atoms with van der Waals surface area (Å²) in [5, 5.41) is 15.2. The van der Waals surface area contributed by atoms with Crippen molar-refractivity contribution < 1.29 is 4.79 Å². The zero-order chi connectivity index (χ0) is 17.1. The molecule has 0 unspecified atom stereocenters. The van der Waals surface area contributed by atoms with E-state index in [4.69, 9.17) is 0 Å². The van der Waals surface area contributed by atoms with E-state index in [0.29, 0.717) is 5.92 Å². The molecule has 1 aliphatic heterocycles. The van der Waals surface area contributed by atoms with E-state index < -0.39 is 0 Å². The second kappa shape index (κ2) is 7.02. The summed E-state index contributed by atoms with van der Waals surface area (Å²) in [6.07, 6.45) is 7.40. The van der Waals surface area contributed by atoms with Gasteiger partial charge in [0.05, 0.1) is 18.4 Å². The van der Waals surface area contributed by atoms with Crippen molar-refractivity contribution in [1.82, 2.24) is 35.0 Å². The molecule has 24 heavy (non-hydrogen) atoms. The number of nitrogens with one attached hydrogen (secondary N) is 1. The van der Waals surface area contributed by atoms with Gasteiger partial charge < -0.3 is 10.2 Å². The summed E-state index contributed by atoms with van der Waals surface area (Å²) >= 11 is 0. The Hall–Kier alpha value is -2.38. The number of carbonyl (C=O) groups excluding carboxylic acids is 1. The molecule has 8 heteroatoms. The van der Waals surface area contributed by atoms with E-state index in [0.717, 1.165) is 43.7 Å². The van der Waals surface area contributed by atoms with Crippen LogP contribution in [0.1, 0.15) is 37.1 Å². The van der Waals surface area contributed by atoms with Crippen LogP contribution in [-0.2, 0) is 13.6 Å². The Morgan fingerprint density at radius 3 is 2.75 bits per heavy atom. The Morgan fingerprint density at radius 1 is 1.42 bits per heavy atom. The second-order valence-corrected chi connectivity index (χ2v) is 6.54. The number of urea groups is 1. The third-order valence-electron chi connectivity index (χ3n) is 4.90. The summed E-state index contributed by atoms with van der Waals surface area (Å²) in [6.45, 7) is 6.45. The van der Waals surface area contributed by atoms with Crippen molar-refractivity contribution in [3.05, 3.63) is 29.8 Å². The molecule has 8 nitrogen and oxygen atoms in total. The van der Waals surface area contributed by atoms with Gasteiger partial charge in [-0.2, -0.15) is 5.10 Å². The first-order valence-electron chi connectivity index (χ1n) is 8.42. The standard InChI is InChI=1S/C16H25N7O/c1-12(15-10-18-21(3)13(15)2)19-16(24)22-7-4-14(5-8-22)11-23-9-6-17-20-23/h6,9-10,12,14H,4-5,7-8,11H2,1-3H3,(H,19,24)/t12-/m1/s1. The van der Waals surface area contributed by atoms with E-state index in [1.54, 1.807) is 6.20 Å². The molecular formula is C16H25N7O. The fourth-order valence-electron chi connectivity index (χ4n) is 3.21. The van der Waals surface area contributed by atoms with Gasteiger partial charge in [0.15, 0.2) is 0 Å². The first kappa shape index (κ1) is 16.5. The molecule has 3 heterocycles. The van der Waals surface area contributed by atoms with E-state index in [9.17, 15) is 4.79 Å². The van der Waals surface area contributed by atoms with Crippen molar-refractivity contribution in [1.29, 1.82) is 0 Å². The van der Waals surface area contributed by atoms with Crippen molar-refractivity contribution in [2.45, 2.75) is 39.3 Å². The fraction of sp³-hybridized carbons (Fsp3) is 0.625. The van der Waals surface area contributed by atoms with Crippen molar-refractivity contribution in [3.63, 3.8) is 0 Å². The molecular weight excluding hydrogens is 306 g/mol. The van der Waals surface area contributed by atoms with Gasteiger partial charge in [-0.3, -0.25) is 9.36 Å². The number of aryl methyl sites for hydroxylation is 1. The maximum atomic E-state index is 12.5. The topological polar surface area (TPSA) is 80.9 Å². The van der Waals surface area contributed by atoms with Crippen LogP contribution in [0.2, 0.25) is 0 Å². The summed E-state index contributed by atoms with van der Waals surface area (Å²) in [5.41, 5.74) is 2.14. The van der Waals surface area contributed by atoms with Crippen LogP contribution in [0.15, 0.2) is 18.6 Å². The quantitative estimate of drug-likeness (QED) is 0.921. The van der Waals surface area contributed by atoms with Gasteiger partial charge in [-0.1, -0.05) is 5.21 Å². The smallest absolute Gasteiger partial charge is 0.317 e. The molecule has 1 N–H and O–H groups in total. The second-order valence-electron chi connectivity index (χ2n) is 6.54. The van der Waals surface area contributed by atoms with E-state index in [1.807, 2.05) is 47.6 Å². The van der Waals surface area contributed by atoms with E-state index in [2.05, 4.69) is 20.7 Å². The van der Waals surface area contributed by atoms with Crippen LogP contribution in [0.4, 0.5) is 4.79 Å². The highest BCUT2D eigenvalue weighted by Gasteiger charge is 2.24. The largest absolute Gasteiger partial charge is 0.331 e.